The largest absolute Gasteiger partial charge is 0.482 e. The second-order valence-electron chi connectivity index (χ2n) is 6.78. The molecule has 1 aliphatic rings. The lowest BCUT2D eigenvalue weighted by molar-refractivity contribution is -0.144. The molecule has 0 aliphatic heterocycles. The van der Waals surface area contributed by atoms with E-state index in [0.29, 0.717) is 22.3 Å². The minimum Gasteiger partial charge on any atom is -0.482 e. The average molecular weight is 387 g/mol. The second kappa shape index (κ2) is 9.56. The van der Waals surface area contributed by atoms with Crippen LogP contribution in [0.4, 0.5) is 0 Å². The van der Waals surface area contributed by atoms with Crippen LogP contribution in [0.2, 0.25) is 5.02 Å². The Morgan fingerprint density at radius 1 is 0.889 bits per heavy atom. The van der Waals surface area contributed by atoms with Crippen LogP contribution in [0, 0.1) is 0 Å². The van der Waals surface area contributed by atoms with Gasteiger partial charge in [-0.2, -0.15) is 0 Å². The number of benzene rings is 2. The van der Waals surface area contributed by atoms with Crippen LogP contribution in [0.1, 0.15) is 53.9 Å². The third-order valence-electron chi connectivity index (χ3n) is 4.84. The van der Waals surface area contributed by atoms with Crippen molar-refractivity contribution in [3.63, 3.8) is 0 Å². The number of halogens is 1. The summed E-state index contributed by atoms with van der Waals surface area (Å²) in [6.07, 6.45) is 6.32. The van der Waals surface area contributed by atoms with Crippen molar-refractivity contribution < 1.29 is 19.1 Å². The predicted octanol–water partition coefficient (Wildman–Crippen LogP) is 5.19. The maximum atomic E-state index is 12.2. The number of esters is 1. The van der Waals surface area contributed by atoms with Gasteiger partial charge in [0, 0.05) is 10.6 Å². The smallest absolute Gasteiger partial charge is 0.344 e. The Hall–Kier alpha value is -2.33. The zero-order valence-corrected chi connectivity index (χ0v) is 15.9. The van der Waals surface area contributed by atoms with E-state index in [1.807, 2.05) is 24.3 Å². The Morgan fingerprint density at radius 3 is 2.22 bits per heavy atom. The Kier molecular flexibility index (Phi) is 6.88. The molecule has 0 radical (unpaired) electrons. The van der Waals surface area contributed by atoms with E-state index in [4.69, 9.17) is 21.1 Å². The van der Waals surface area contributed by atoms with Crippen LogP contribution in [0.5, 0.6) is 5.75 Å². The first-order valence-electron chi connectivity index (χ1n) is 9.29. The highest BCUT2D eigenvalue weighted by molar-refractivity contribution is 6.30. The summed E-state index contributed by atoms with van der Waals surface area (Å²) in [5.74, 6) is 0.314. The lowest BCUT2D eigenvalue weighted by Gasteiger charge is -2.22. The highest BCUT2D eigenvalue weighted by atomic mass is 35.5. The van der Waals surface area contributed by atoms with Crippen molar-refractivity contribution in [2.45, 2.75) is 38.0 Å². The van der Waals surface area contributed by atoms with E-state index in [2.05, 4.69) is 0 Å². The summed E-state index contributed by atoms with van der Waals surface area (Å²) < 4.78 is 10.3. The van der Waals surface area contributed by atoms with Crippen LogP contribution in [0.15, 0.2) is 48.5 Å². The number of Topliss-reactive ketones (excluding diaryl/α,β-unsaturated/α-hetero) is 1. The zero-order valence-electron chi connectivity index (χ0n) is 15.2. The van der Waals surface area contributed by atoms with Crippen molar-refractivity contribution in [2.24, 2.45) is 0 Å². The molecule has 27 heavy (non-hydrogen) atoms. The molecule has 0 N–H and O–H groups in total. The molecule has 0 atom stereocenters. The van der Waals surface area contributed by atoms with E-state index in [0.717, 1.165) is 0 Å². The van der Waals surface area contributed by atoms with E-state index < -0.39 is 5.97 Å². The summed E-state index contributed by atoms with van der Waals surface area (Å²) >= 11 is 5.79. The molecule has 0 heterocycles. The van der Waals surface area contributed by atoms with Crippen LogP contribution in [0.25, 0.3) is 0 Å². The molecule has 0 spiro atoms. The summed E-state index contributed by atoms with van der Waals surface area (Å²) in [4.78, 5) is 24.0. The molecule has 0 aromatic heterocycles. The van der Waals surface area contributed by atoms with Gasteiger partial charge >= 0.3 is 5.97 Å². The van der Waals surface area contributed by atoms with Crippen molar-refractivity contribution in [3.8, 4) is 5.75 Å². The van der Waals surface area contributed by atoms with E-state index >= 15 is 0 Å². The number of carbonyl (C=O) groups excluding carboxylic acids is 2. The molecule has 2 aromatic carbocycles. The third kappa shape index (κ3) is 5.83. The maximum absolute atomic E-state index is 12.2. The standard InChI is InChI=1S/C22H23ClO4/c23-19-10-12-20(13-11-19)26-15-22(25)27-14-21(24)18-8-6-17(7-9-18)16-4-2-1-3-5-16/h6-13,16H,1-5,14-15H2. The first kappa shape index (κ1) is 19.4. The van der Waals surface area contributed by atoms with Crippen molar-refractivity contribution in [1.82, 2.24) is 0 Å². The maximum Gasteiger partial charge on any atom is 0.344 e. The third-order valence-corrected chi connectivity index (χ3v) is 5.10. The summed E-state index contributed by atoms with van der Waals surface area (Å²) in [5, 5.41) is 0.588. The summed E-state index contributed by atoms with van der Waals surface area (Å²) in [6, 6.07) is 14.4. The summed E-state index contributed by atoms with van der Waals surface area (Å²) in [7, 11) is 0. The van der Waals surface area contributed by atoms with Crippen molar-refractivity contribution in [1.29, 1.82) is 0 Å². The SMILES string of the molecule is O=C(COc1ccc(Cl)cc1)OCC(=O)c1ccc(C2CCCCC2)cc1. The molecule has 1 saturated carbocycles. The second-order valence-corrected chi connectivity index (χ2v) is 7.22. The van der Waals surface area contributed by atoms with Gasteiger partial charge in [-0.25, -0.2) is 4.79 Å². The van der Waals surface area contributed by atoms with Gasteiger partial charge < -0.3 is 9.47 Å². The van der Waals surface area contributed by atoms with Crippen molar-refractivity contribution in [2.75, 3.05) is 13.2 Å². The van der Waals surface area contributed by atoms with Crippen LogP contribution in [-0.4, -0.2) is 25.0 Å². The van der Waals surface area contributed by atoms with Gasteiger partial charge in [0.25, 0.3) is 0 Å². The molecule has 142 valence electrons. The number of hydrogen-bond donors (Lipinski definition) is 0. The van der Waals surface area contributed by atoms with Gasteiger partial charge in [0.1, 0.15) is 5.75 Å². The van der Waals surface area contributed by atoms with Crippen molar-refractivity contribution >= 4 is 23.4 Å². The van der Waals surface area contributed by atoms with Gasteiger partial charge in [-0.15, -0.1) is 0 Å². The molecular formula is C22H23ClO4. The number of ether oxygens (including phenoxy) is 2. The number of rotatable bonds is 7. The molecular weight excluding hydrogens is 364 g/mol. The van der Waals surface area contributed by atoms with Gasteiger partial charge in [0.15, 0.2) is 19.0 Å². The van der Waals surface area contributed by atoms with E-state index in [1.165, 1.54) is 37.7 Å². The molecule has 1 fully saturated rings. The molecule has 4 nitrogen and oxygen atoms in total. The Balaban J connectivity index is 1.44. The zero-order chi connectivity index (χ0) is 19.1. The van der Waals surface area contributed by atoms with Gasteiger partial charge in [0.2, 0.25) is 0 Å². The van der Waals surface area contributed by atoms with Crippen molar-refractivity contribution in [3.05, 3.63) is 64.7 Å². The van der Waals surface area contributed by atoms with Crippen LogP contribution < -0.4 is 4.74 Å². The Morgan fingerprint density at radius 2 is 1.56 bits per heavy atom. The van der Waals surface area contributed by atoms with Crippen LogP contribution in [-0.2, 0) is 9.53 Å². The van der Waals surface area contributed by atoms with E-state index in [-0.39, 0.29) is 19.0 Å². The number of hydrogen-bond acceptors (Lipinski definition) is 4. The molecule has 1 aliphatic carbocycles. The molecule has 0 bridgehead atoms. The number of ketones is 1. The fourth-order valence-electron chi connectivity index (χ4n) is 3.32. The molecule has 3 rings (SSSR count). The van der Waals surface area contributed by atoms with Crippen LogP contribution >= 0.6 is 11.6 Å². The lowest BCUT2D eigenvalue weighted by Crippen LogP contribution is -2.19. The summed E-state index contributed by atoms with van der Waals surface area (Å²) in [6.45, 7) is -0.541. The Bertz CT molecular complexity index is 762. The summed E-state index contributed by atoms with van der Waals surface area (Å²) in [5.41, 5.74) is 1.85. The highest BCUT2D eigenvalue weighted by Gasteiger charge is 2.16. The molecule has 0 unspecified atom stereocenters. The number of carbonyl (C=O) groups is 2. The minimum absolute atomic E-state index is 0.218. The molecule has 2 aromatic rings. The average Bonchev–Trinajstić information content (AvgIpc) is 2.72. The van der Waals surface area contributed by atoms with Gasteiger partial charge in [-0.05, 0) is 48.6 Å². The Labute approximate surface area is 164 Å². The highest BCUT2D eigenvalue weighted by Crippen LogP contribution is 2.32. The molecule has 0 amide bonds. The first-order valence-corrected chi connectivity index (χ1v) is 9.67. The molecule has 0 saturated heterocycles. The van der Waals surface area contributed by atoms with Gasteiger partial charge in [-0.1, -0.05) is 55.1 Å². The minimum atomic E-state index is -0.586. The molecule has 5 heteroatoms. The lowest BCUT2D eigenvalue weighted by atomic mass is 9.84. The normalized spacial score (nSPS) is 14.6. The van der Waals surface area contributed by atoms with E-state index in [1.54, 1.807) is 24.3 Å². The fourth-order valence-corrected chi connectivity index (χ4v) is 3.45. The van der Waals surface area contributed by atoms with Gasteiger partial charge in [0.05, 0.1) is 0 Å². The topological polar surface area (TPSA) is 52.6 Å². The van der Waals surface area contributed by atoms with Gasteiger partial charge in [-0.3, -0.25) is 4.79 Å². The fraction of sp³-hybridized carbons (Fsp3) is 0.364. The predicted molar refractivity (Wildman–Crippen MR) is 105 cm³/mol. The first-order chi connectivity index (χ1) is 13.1. The monoisotopic (exact) mass is 386 g/mol. The quantitative estimate of drug-likeness (QED) is 0.485. The van der Waals surface area contributed by atoms with E-state index in [9.17, 15) is 9.59 Å². The van der Waals surface area contributed by atoms with Crippen LogP contribution in [0.3, 0.4) is 0 Å².